The number of hydrazine groups is 1. The normalized spacial score (nSPS) is 24.6. The Balaban J connectivity index is 1.61. The molecule has 2 aliphatic rings. The first-order chi connectivity index (χ1) is 13.3. The molecule has 4 amide bonds. The van der Waals surface area contributed by atoms with E-state index in [1.54, 1.807) is 45.3 Å². The third kappa shape index (κ3) is 4.10. The Bertz CT molecular complexity index is 747. The van der Waals surface area contributed by atoms with Crippen molar-refractivity contribution in [1.29, 1.82) is 0 Å². The van der Waals surface area contributed by atoms with Crippen molar-refractivity contribution in [1.82, 2.24) is 20.7 Å². The third-order valence-corrected chi connectivity index (χ3v) is 5.05. The van der Waals surface area contributed by atoms with Gasteiger partial charge in [0.1, 0.15) is 11.3 Å². The van der Waals surface area contributed by atoms with Crippen LogP contribution in [0.2, 0.25) is 0 Å². The minimum atomic E-state index is -1.26. The summed E-state index contributed by atoms with van der Waals surface area (Å²) < 4.78 is 10.7. The molecule has 2 saturated heterocycles. The van der Waals surface area contributed by atoms with Gasteiger partial charge < -0.3 is 14.8 Å². The van der Waals surface area contributed by atoms with Gasteiger partial charge in [-0.3, -0.25) is 19.9 Å². The van der Waals surface area contributed by atoms with Gasteiger partial charge in [0.15, 0.2) is 0 Å². The van der Waals surface area contributed by atoms with Crippen LogP contribution in [0.4, 0.5) is 4.79 Å². The Hall–Kier alpha value is -2.65. The second-order valence-corrected chi connectivity index (χ2v) is 7.29. The molecule has 2 unspecified atom stereocenters. The van der Waals surface area contributed by atoms with E-state index in [4.69, 9.17) is 9.47 Å². The van der Waals surface area contributed by atoms with Crippen LogP contribution in [0.5, 0.6) is 5.75 Å². The van der Waals surface area contributed by atoms with Gasteiger partial charge in [-0.05, 0) is 44.5 Å². The molecule has 0 bridgehead atoms. The number of nitrogens with one attached hydrogen (secondary N) is 2. The van der Waals surface area contributed by atoms with Crippen LogP contribution < -0.4 is 15.5 Å². The van der Waals surface area contributed by atoms with E-state index >= 15 is 0 Å². The van der Waals surface area contributed by atoms with Crippen LogP contribution in [-0.2, 0) is 19.9 Å². The van der Waals surface area contributed by atoms with Gasteiger partial charge in [-0.2, -0.15) is 5.01 Å². The summed E-state index contributed by atoms with van der Waals surface area (Å²) in [4.78, 5) is 39.3. The van der Waals surface area contributed by atoms with E-state index in [-0.39, 0.29) is 12.6 Å². The average Bonchev–Trinajstić information content (AvgIpc) is 3.24. The second-order valence-electron chi connectivity index (χ2n) is 7.29. The van der Waals surface area contributed by atoms with Crippen molar-refractivity contribution in [3.05, 3.63) is 29.8 Å². The molecule has 2 N–H and O–H groups in total. The summed E-state index contributed by atoms with van der Waals surface area (Å²) >= 11 is 0. The maximum Gasteiger partial charge on any atom is 0.344 e. The molecule has 152 valence electrons. The zero-order chi connectivity index (χ0) is 20.3. The quantitative estimate of drug-likeness (QED) is 0.662. The zero-order valence-electron chi connectivity index (χ0n) is 16.4. The minimum Gasteiger partial charge on any atom is -0.497 e. The molecular weight excluding hydrogens is 364 g/mol. The monoisotopic (exact) mass is 390 g/mol. The molecule has 0 aromatic heterocycles. The van der Waals surface area contributed by atoms with E-state index in [0.29, 0.717) is 17.9 Å². The zero-order valence-corrected chi connectivity index (χ0v) is 16.4. The van der Waals surface area contributed by atoms with Crippen LogP contribution in [0.3, 0.4) is 0 Å². The number of hydrogen-bond donors (Lipinski definition) is 2. The summed E-state index contributed by atoms with van der Waals surface area (Å²) in [5, 5.41) is 3.39. The van der Waals surface area contributed by atoms with Gasteiger partial charge in [-0.15, -0.1) is 0 Å². The van der Waals surface area contributed by atoms with Crippen LogP contribution >= 0.6 is 0 Å². The molecule has 3 rings (SSSR count). The molecule has 2 aliphatic heterocycles. The van der Waals surface area contributed by atoms with Crippen LogP contribution in [0.25, 0.3) is 0 Å². The number of carbonyl (C=O) groups excluding carboxylic acids is 3. The number of methoxy groups -OCH3 is 1. The molecule has 2 heterocycles. The predicted molar refractivity (Wildman–Crippen MR) is 100 cm³/mol. The SMILES string of the molecule is COc1ccc(C2(C)NC(=O)N(NC(=O)CN(C)CC3CCCO3)C2=O)cc1. The van der Waals surface area contributed by atoms with E-state index in [9.17, 15) is 14.4 Å². The fraction of sp³-hybridized carbons (Fsp3) is 0.526. The molecule has 0 radical (unpaired) electrons. The molecule has 1 aromatic carbocycles. The minimum absolute atomic E-state index is 0.0518. The predicted octanol–water partition coefficient (Wildman–Crippen LogP) is 0.604. The number of amides is 4. The highest BCUT2D eigenvalue weighted by atomic mass is 16.5. The van der Waals surface area contributed by atoms with E-state index in [1.807, 2.05) is 4.90 Å². The Kier molecular flexibility index (Phi) is 5.85. The molecule has 0 spiro atoms. The van der Waals surface area contributed by atoms with E-state index < -0.39 is 23.4 Å². The molecule has 0 aliphatic carbocycles. The van der Waals surface area contributed by atoms with E-state index in [1.165, 1.54) is 0 Å². The Labute approximate surface area is 163 Å². The third-order valence-electron chi connectivity index (χ3n) is 5.05. The van der Waals surface area contributed by atoms with Gasteiger partial charge in [0, 0.05) is 13.2 Å². The van der Waals surface area contributed by atoms with Crippen molar-refractivity contribution in [2.24, 2.45) is 0 Å². The van der Waals surface area contributed by atoms with Crippen molar-refractivity contribution < 1.29 is 23.9 Å². The summed E-state index contributed by atoms with van der Waals surface area (Å²) in [6.07, 6.45) is 2.11. The van der Waals surface area contributed by atoms with Gasteiger partial charge >= 0.3 is 6.03 Å². The number of nitrogens with zero attached hydrogens (tertiary/aromatic N) is 2. The fourth-order valence-corrected chi connectivity index (χ4v) is 3.47. The summed E-state index contributed by atoms with van der Waals surface area (Å²) in [5.74, 6) is -0.343. The maximum absolute atomic E-state index is 12.9. The fourth-order valence-electron chi connectivity index (χ4n) is 3.47. The lowest BCUT2D eigenvalue weighted by Gasteiger charge is -2.23. The van der Waals surface area contributed by atoms with Crippen LogP contribution in [0.1, 0.15) is 25.3 Å². The second kappa shape index (κ2) is 8.15. The first-order valence-corrected chi connectivity index (χ1v) is 9.24. The number of likely N-dealkylation sites (N-methyl/N-ethyl adjacent to an activating group) is 1. The Morgan fingerprint density at radius 1 is 1.39 bits per heavy atom. The van der Waals surface area contributed by atoms with Crippen molar-refractivity contribution in [3.63, 3.8) is 0 Å². The number of hydrogen-bond acceptors (Lipinski definition) is 6. The number of benzene rings is 1. The topological polar surface area (TPSA) is 100 Å². The molecule has 2 fully saturated rings. The summed E-state index contributed by atoms with van der Waals surface area (Å²) in [7, 11) is 3.35. The lowest BCUT2D eigenvalue weighted by molar-refractivity contribution is -0.139. The molecule has 28 heavy (non-hydrogen) atoms. The standard InChI is InChI=1S/C19H26N4O5/c1-19(13-6-8-14(27-3)9-7-13)17(25)23(18(26)20-19)21-16(24)12-22(2)11-15-5-4-10-28-15/h6-9,15H,4-5,10-12H2,1-3H3,(H,20,26)(H,21,24). The first-order valence-electron chi connectivity index (χ1n) is 9.24. The molecular formula is C19H26N4O5. The van der Waals surface area contributed by atoms with Crippen LogP contribution in [0.15, 0.2) is 24.3 Å². The summed E-state index contributed by atoms with van der Waals surface area (Å²) in [5.41, 5.74) is 1.74. The highest BCUT2D eigenvalue weighted by Crippen LogP contribution is 2.29. The smallest absolute Gasteiger partial charge is 0.344 e. The largest absolute Gasteiger partial charge is 0.497 e. The highest BCUT2D eigenvalue weighted by Gasteiger charge is 2.50. The van der Waals surface area contributed by atoms with Gasteiger partial charge in [0.05, 0.1) is 19.8 Å². The highest BCUT2D eigenvalue weighted by molar-refractivity contribution is 6.08. The van der Waals surface area contributed by atoms with E-state index in [0.717, 1.165) is 24.5 Å². The molecule has 0 saturated carbocycles. The molecule has 9 heteroatoms. The maximum atomic E-state index is 12.9. The number of ether oxygens (including phenoxy) is 2. The summed E-state index contributed by atoms with van der Waals surface area (Å²) in [6.45, 7) is 3.02. The molecule has 9 nitrogen and oxygen atoms in total. The van der Waals surface area contributed by atoms with Gasteiger partial charge in [-0.1, -0.05) is 12.1 Å². The summed E-state index contributed by atoms with van der Waals surface area (Å²) in [6, 6.07) is 6.16. The van der Waals surface area contributed by atoms with Gasteiger partial charge in [0.2, 0.25) is 0 Å². The van der Waals surface area contributed by atoms with Crippen LogP contribution in [0, 0.1) is 0 Å². The van der Waals surface area contributed by atoms with Crippen molar-refractivity contribution in [2.75, 3.05) is 33.9 Å². The first kappa shape index (κ1) is 20.1. The lowest BCUT2D eigenvalue weighted by Crippen LogP contribution is -2.50. The number of urea groups is 1. The average molecular weight is 390 g/mol. The number of rotatable bonds is 7. The van der Waals surface area contributed by atoms with E-state index in [2.05, 4.69) is 10.7 Å². The lowest BCUT2D eigenvalue weighted by atomic mass is 9.92. The van der Waals surface area contributed by atoms with Crippen molar-refractivity contribution in [2.45, 2.75) is 31.4 Å². The Morgan fingerprint density at radius 2 is 2.11 bits per heavy atom. The number of carbonyl (C=O) groups is 3. The van der Waals surface area contributed by atoms with Crippen molar-refractivity contribution >= 4 is 17.8 Å². The van der Waals surface area contributed by atoms with Crippen molar-refractivity contribution in [3.8, 4) is 5.75 Å². The molecule has 1 aromatic rings. The van der Waals surface area contributed by atoms with Gasteiger partial charge in [-0.25, -0.2) is 4.79 Å². The van der Waals surface area contributed by atoms with Gasteiger partial charge in [0.25, 0.3) is 11.8 Å². The van der Waals surface area contributed by atoms with Crippen LogP contribution in [-0.4, -0.2) is 67.7 Å². The number of imide groups is 1. The molecule has 2 atom stereocenters. The Morgan fingerprint density at radius 3 is 2.71 bits per heavy atom.